The van der Waals surface area contributed by atoms with E-state index in [4.69, 9.17) is 9.84 Å². The van der Waals surface area contributed by atoms with Crippen molar-refractivity contribution in [3.8, 4) is 28.4 Å². The highest BCUT2D eigenvalue weighted by molar-refractivity contribution is 5.73. The fourth-order valence-electron chi connectivity index (χ4n) is 4.02. The molecule has 0 saturated carbocycles. The fourth-order valence-corrected chi connectivity index (χ4v) is 4.02. The van der Waals surface area contributed by atoms with Crippen LogP contribution in [0, 0.1) is 0 Å². The molecule has 0 aliphatic heterocycles. The molecule has 0 aliphatic carbocycles. The van der Waals surface area contributed by atoms with Crippen LogP contribution < -0.4 is 4.74 Å². The maximum Gasteiger partial charge on any atom is 0.240 e. The molecule has 6 aromatic rings. The molecule has 0 fully saturated rings. The topological polar surface area (TPSA) is 93.9 Å². The molecule has 0 radical (unpaired) electrons. The van der Waals surface area contributed by atoms with Gasteiger partial charge in [0.2, 0.25) is 5.88 Å². The minimum absolute atomic E-state index is 0.427. The lowest BCUT2D eigenvalue weighted by molar-refractivity contribution is 0.186. The number of nitrogens with zero attached hydrogens (tertiary/aromatic N) is 6. The van der Waals surface area contributed by atoms with E-state index < -0.39 is 6.10 Å². The van der Waals surface area contributed by atoms with Crippen molar-refractivity contribution in [1.29, 1.82) is 0 Å². The maximum absolute atomic E-state index is 6.60. The first-order chi connectivity index (χ1) is 17.3. The molecular weight excluding hydrogens is 438 g/mol. The van der Waals surface area contributed by atoms with E-state index in [1.807, 2.05) is 84.9 Å². The third-order valence-electron chi connectivity index (χ3n) is 5.73. The fraction of sp³-hybridized carbons (Fsp3) is 0.0741. The smallest absolute Gasteiger partial charge is 0.240 e. The Kier molecular flexibility index (Phi) is 5.44. The van der Waals surface area contributed by atoms with Gasteiger partial charge in [-0.3, -0.25) is 5.10 Å². The van der Waals surface area contributed by atoms with Crippen LogP contribution in [0.5, 0.6) is 5.88 Å². The zero-order valence-corrected chi connectivity index (χ0v) is 18.7. The second kappa shape index (κ2) is 9.18. The van der Waals surface area contributed by atoms with Crippen molar-refractivity contribution in [2.24, 2.45) is 0 Å². The van der Waals surface area contributed by atoms with Crippen LogP contribution in [0.15, 0.2) is 103 Å². The first-order valence-electron chi connectivity index (χ1n) is 11.3. The summed E-state index contributed by atoms with van der Waals surface area (Å²) in [6.07, 6.45) is 1.65. The highest BCUT2D eigenvalue weighted by Crippen LogP contribution is 2.33. The predicted octanol–water partition coefficient (Wildman–Crippen LogP) is 4.94. The first-order valence-corrected chi connectivity index (χ1v) is 11.3. The molecule has 0 amide bonds. The molecular formula is C27H21N7O. The summed E-state index contributed by atoms with van der Waals surface area (Å²) >= 11 is 0. The molecule has 3 heterocycles. The lowest BCUT2D eigenvalue weighted by atomic mass is 10.1. The van der Waals surface area contributed by atoms with E-state index in [1.54, 1.807) is 4.52 Å². The Hall–Kier alpha value is -4.85. The van der Waals surface area contributed by atoms with Crippen LogP contribution >= 0.6 is 0 Å². The van der Waals surface area contributed by atoms with Gasteiger partial charge in [-0.05, 0) is 17.2 Å². The van der Waals surface area contributed by atoms with Crippen molar-refractivity contribution in [3.05, 3.63) is 115 Å². The van der Waals surface area contributed by atoms with Crippen LogP contribution in [0.4, 0.5) is 0 Å². The number of aromatic amines is 1. The highest BCUT2D eigenvalue weighted by atomic mass is 16.5. The Labute approximate surface area is 201 Å². The number of rotatable bonds is 7. The third kappa shape index (κ3) is 4.24. The van der Waals surface area contributed by atoms with E-state index in [9.17, 15) is 0 Å². The summed E-state index contributed by atoms with van der Waals surface area (Å²) in [6.45, 7) is 0. The summed E-state index contributed by atoms with van der Waals surface area (Å²) < 4.78 is 8.31. The van der Waals surface area contributed by atoms with E-state index in [2.05, 4.69) is 37.5 Å². The number of fused-ring (bicyclic) bond motifs is 1. The van der Waals surface area contributed by atoms with E-state index in [1.165, 1.54) is 6.33 Å². The van der Waals surface area contributed by atoms with Gasteiger partial charge in [-0.2, -0.15) is 9.61 Å². The van der Waals surface area contributed by atoms with Gasteiger partial charge in [0, 0.05) is 17.5 Å². The van der Waals surface area contributed by atoms with Crippen molar-refractivity contribution in [3.63, 3.8) is 0 Å². The molecule has 0 saturated heterocycles. The molecule has 1 atom stereocenters. The van der Waals surface area contributed by atoms with Gasteiger partial charge in [0.15, 0.2) is 23.4 Å². The summed E-state index contributed by atoms with van der Waals surface area (Å²) in [5.74, 6) is 1.73. The van der Waals surface area contributed by atoms with Gasteiger partial charge in [0.05, 0.1) is 0 Å². The van der Waals surface area contributed by atoms with Gasteiger partial charge in [-0.15, -0.1) is 15.3 Å². The van der Waals surface area contributed by atoms with Crippen LogP contribution in [0.3, 0.4) is 0 Å². The predicted molar refractivity (Wildman–Crippen MR) is 132 cm³/mol. The van der Waals surface area contributed by atoms with Crippen LogP contribution in [-0.4, -0.2) is 35.0 Å². The average Bonchev–Trinajstić information content (AvgIpc) is 3.60. The number of H-pyrrole nitrogens is 1. The number of hydrogen-bond donors (Lipinski definition) is 1. The quantitative estimate of drug-likeness (QED) is 0.363. The maximum atomic E-state index is 6.60. The monoisotopic (exact) mass is 459 g/mol. The Morgan fingerprint density at radius 1 is 0.800 bits per heavy atom. The van der Waals surface area contributed by atoms with Crippen molar-refractivity contribution in [2.75, 3.05) is 0 Å². The molecule has 8 nitrogen and oxygen atoms in total. The van der Waals surface area contributed by atoms with E-state index in [0.29, 0.717) is 29.6 Å². The molecule has 35 heavy (non-hydrogen) atoms. The summed E-state index contributed by atoms with van der Waals surface area (Å²) in [5, 5.41) is 20.7. The SMILES string of the molecule is c1ccc(CC(Oc2nn3c(-c4ccccc4)nnc3cc2-c2ccccc2)c2ncn[nH]2)cc1. The lowest BCUT2D eigenvalue weighted by Gasteiger charge is -2.19. The molecule has 3 aromatic carbocycles. The van der Waals surface area contributed by atoms with Crippen LogP contribution in [0.25, 0.3) is 28.2 Å². The minimum Gasteiger partial charge on any atom is -0.464 e. The number of nitrogens with one attached hydrogen (secondary N) is 1. The largest absolute Gasteiger partial charge is 0.464 e. The molecule has 0 aliphatic rings. The van der Waals surface area contributed by atoms with Crippen molar-refractivity contribution < 1.29 is 4.74 Å². The highest BCUT2D eigenvalue weighted by Gasteiger charge is 2.23. The van der Waals surface area contributed by atoms with E-state index >= 15 is 0 Å². The molecule has 8 heteroatoms. The van der Waals surface area contributed by atoms with Crippen LogP contribution in [0.2, 0.25) is 0 Å². The van der Waals surface area contributed by atoms with Gasteiger partial charge < -0.3 is 4.74 Å². The third-order valence-corrected chi connectivity index (χ3v) is 5.73. The number of aromatic nitrogens is 7. The molecule has 0 bridgehead atoms. The van der Waals surface area contributed by atoms with Crippen LogP contribution in [0.1, 0.15) is 17.5 Å². The number of hydrogen-bond acceptors (Lipinski definition) is 6. The standard InChI is InChI=1S/C27H21N7O/c1-4-10-19(11-5-1)16-23(25-28-18-29-31-25)35-27-22(20-12-6-2-7-13-20)17-24-30-32-26(34(24)33-27)21-14-8-3-9-15-21/h1-15,17-18,23H,16H2,(H,28,29,31). The van der Waals surface area contributed by atoms with E-state index in [0.717, 1.165) is 22.3 Å². The van der Waals surface area contributed by atoms with Crippen LogP contribution in [-0.2, 0) is 6.42 Å². The zero-order chi connectivity index (χ0) is 23.5. The van der Waals surface area contributed by atoms with Crippen molar-refractivity contribution in [2.45, 2.75) is 12.5 Å². The van der Waals surface area contributed by atoms with E-state index in [-0.39, 0.29) is 0 Å². The second-order valence-corrected chi connectivity index (χ2v) is 8.06. The van der Waals surface area contributed by atoms with Gasteiger partial charge in [-0.25, -0.2) is 4.98 Å². The Balaban J connectivity index is 1.48. The lowest BCUT2D eigenvalue weighted by Crippen LogP contribution is -2.15. The Bertz CT molecular complexity index is 1530. The molecule has 1 N–H and O–H groups in total. The van der Waals surface area contributed by atoms with Gasteiger partial charge in [-0.1, -0.05) is 91.0 Å². The zero-order valence-electron chi connectivity index (χ0n) is 18.7. The summed E-state index contributed by atoms with van der Waals surface area (Å²) in [5.41, 5.74) is 4.46. The Morgan fingerprint density at radius 2 is 1.49 bits per heavy atom. The molecule has 1 unspecified atom stereocenters. The molecule has 170 valence electrons. The van der Waals surface area contributed by atoms with Gasteiger partial charge in [0.25, 0.3) is 0 Å². The minimum atomic E-state index is -0.427. The Morgan fingerprint density at radius 3 is 2.17 bits per heavy atom. The molecule has 0 spiro atoms. The van der Waals surface area contributed by atoms with Crippen molar-refractivity contribution >= 4 is 5.65 Å². The number of ether oxygens (including phenoxy) is 1. The molecule has 3 aromatic heterocycles. The second-order valence-electron chi connectivity index (χ2n) is 8.06. The summed E-state index contributed by atoms with van der Waals surface area (Å²) in [7, 11) is 0. The first kappa shape index (κ1) is 20.7. The van der Waals surface area contributed by atoms with Gasteiger partial charge >= 0.3 is 0 Å². The molecule has 6 rings (SSSR count). The number of benzene rings is 3. The summed E-state index contributed by atoms with van der Waals surface area (Å²) in [4.78, 5) is 4.38. The average molecular weight is 460 g/mol. The van der Waals surface area contributed by atoms with Gasteiger partial charge in [0.1, 0.15) is 6.33 Å². The normalized spacial score (nSPS) is 12.0. The van der Waals surface area contributed by atoms with Crippen molar-refractivity contribution in [1.82, 2.24) is 35.0 Å². The summed E-state index contributed by atoms with van der Waals surface area (Å²) in [6, 6.07) is 32.0.